The lowest BCUT2D eigenvalue weighted by molar-refractivity contribution is 1.29. The fourth-order valence-electron chi connectivity index (χ4n) is 4.81. The maximum Gasteiger partial charge on any atom is 0.248 e. The summed E-state index contributed by atoms with van der Waals surface area (Å²) < 4.78 is 0. The molecule has 3 heteroatoms. The van der Waals surface area contributed by atoms with Crippen molar-refractivity contribution in [3.63, 3.8) is 0 Å². The van der Waals surface area contributed by atoms with Crippen molar-refractivity contribution in [2.24, 2.45) is 4.99 Å². The average molecular weight is 356 g/mol. The van der Waals surface area contributed by atoms with Crippen molar-refractivity contribution in [1.29, 1.82) is 0 Å². The Hall–Kier alpha value is -3.59. The van der Waals surface area contributed by atoms with Gasteiger partial charge in [-0.2, -0.15) is 0 Å². The third kappa shape index (κ3) is 1.96. The molecule has 0 fully saturated rings. The molecule has 2 aliphatic rings. The van der Waals surface area contributed by atoms with Gasteiger partial charge in [0, 0.05) is 17.1 Å². The van der Waals surface area contributed by atoms with E-state index in [2.05, 4.69) is 95.5 Å². The zero-order chi connectivity index (χ0) is 18.7. The van der Waals surface area contributed by atoms with Crippen LogP contribution in [-0.4, -0.2) is 13.4 Å². The van der Waals surface area contributed by atoms with E-state index in [9.17, 15) is 0 Å². The summed E-state index contributed by atoms with van der Waals surface area (Å²) in [4.78, 5) is 6.42. The van der Waals surface area contributed by atoms with Crippen LogP contribution in [0.5, 0.6) is 0 Å². The van der Waals surface area contributed by atoms with Gasteiger partial charge in [0.25, 0.3) is 0 Å². The minimum absolute atomic E-state index is 0.295. The van der Waals surface area contributed by atoms with E-state index >= 15 is 0 Å². The van der Waals surface area contributed by atoms with Crippen LogP contribution in [0.4, 0.5) is 22.7 Å². The third-order valence-electron chi connectivity index (χ3n) is 5.95. The molecule has 0 unspecified atom stereocenters. The number of anilines is 3. The van der Waals surface area contributed by atoms with E-state index < -0.39 is 0 Å². The summed E-state index contributed by atoms with van der Waals surface area (Å²) in [5.41, 5.74) is 11.4. The first-order chi connectivity index (χ1) is 13.9. The number of hydrogen-bond donors (Lipinski definition) is 0. The Morgan fingerprint density at radius 3 is 2.14 bits per heavy atom. The maximum atomic E-state index is 4.04. The van der Waals surface area contributed by atoms with E-state index in [1.54, 1.807) is 0 Å². The molecule has 0 aliphatic carbocycles. The van der Waals surface area contributed by atoms with Crippen molar-refractivity contribution in [1.82, 2.24) is 0 Å². The second-order valence-electron chi connectivity index (χ2n) is 7.33. The van der Waals surface area contributed by atoms with Gasteiger partial charge in [-0.05, 0) is 65.2 Å². The van der Waals surface area contributed by atoms with Crippen LogP contribution in [0, 0.1) is 0 Å². The van der Waals surface area contributed by atoms with E-state index in [1.165, 1.54) is 38.9 Å². The molecule has 2 aliphatic heterocycles. The Bertz CT molecular complexity index is 1240. The zero-order valence-electron chi connectivity index (χ0n) is 15.3. The van der Waals surface area contributed by atoms with Crippen LogP contribution < -0.4 is 21.3 Å². The van der Waals surface area contributed by atoms with Gasteiger partial charge in [-0.1, -0.05) is 60.1 Å². The molecule has 0 amide bonds. The van der Waals surface area contributed by atoms with Gasteiger partial charge < -0.3 is 4.90 Å². The van der Waals surface area contributed by atoms with E-state index in [0.717, 1.165) is 11.4 Å². The molecule has 4 aromatic carbocycles. The monoisotopic (exact) mass is 356 g/mol. The van der Waals surface area contributed by atoms with Crippen molar-refractivity contribution < 1.29 is 0 Å². The lowest BCUT2D eigenvalue weighted by atomic mass is 9.37. The van der Waals surface area contributed by atoms with Crippen LogP contribution in [-0.2, 0) is 0 Å². The molecule has 28 heavy (non-hydrogen) atoms. The smallest absolute Gasteiger partial charge is 0.248 e. The topological polar surface area (TPSA) is 15.6 Å². The van der Waals surface area contributed by atoms with Gasteiger partial charge in [0.15, 0.2) is 0 Å². The Labute approximate surface area is 164 Å². The number of hydrogen-bond acceptors (Lipinski definition) is 2. The summed E-state index contributed by atoms with van der Waals surface area (Å²) in [5.74, 6) is 0. The minimum atomic E-state index is 0.295. The number of aliphatic imine (C=N–C) groups is 1. The first kappa shape index (κ1) is 15.5. The summed E-state index contributed by atoms with van der Waals surface area (Å²) >= 11 is 0. The fraction of sp³-hybridized carbons (Fsp3) is 0. The second-order valence-corrected chi connectivity index (χ2v) is 7.33. The molecule has 4 aromatic rings. The fourth-order valence-corrected chi connectivity index (χ4v) is 4.81. The largest absolute Gasteiger partial charge is 0.311 e. The number of nitrogens with zero attached hydrogens (tertiary/aromatic N) is 2. The highest BCUT2D eigenvalue weighted by Crippen LogP contribution is 2.40. The molecule has 0 bridgehead atoms. The highest BCUT2D eigenvalue weighted by atomic mass is 15.1. The molecule has 0 N–H and O–H groups in total. The zero-order valence-corrected chi connectivity index (χ0v) is 15.3. The van der Waals surface area contributed by atoms with Gasteiger partial charge in [0.05, 0.1) is 5.69 Å². The Morgan fingerprint density at radius 1 is 0.643 bits per heavy atom. The van der Waals surface area contributed by atoms with Crippen molar-refractivity contribution in [3.8, 4) is 11.1 Å². The molecule has 2 nitrogen and oxygen atoms in total. The summed E-state index contributed by atoms with van der Waals surface area (Å²) in [6.45, 7) is 3.93. The predicted octanol–water partition coefficient (Wildman–Crippen LogP) is 4.30. The molecule has 0 aromatic heterocycles. The van der Waals surface area contributed by atoms with Gasteiger partial charge in [-0.15, -0.1) is 0 Å². The summed E-state index contributed by atoms with van der Waals surface area (Å²) in [6.07, 6.45) is 0. The van der Waals surface area contributed by atoms with Crippen LogP contribution in [0.1, 0.15) is 0 Å². The van der Waals surface area contributed by atoms with Gasteiger partial charge in [-0.3, -0.25) is 4.99 Å². The highest BCUT2D eigenvalue weighted by molar-refractivity contribution is 7.01. The van der Waals surface area contributed by atoms with Gasteiger partial charge in [-0.25, -0.2) is 0 Å². The lowest BCUT2D eigenvalue weighted by Crippen LogP contribution is -2.54. The van der Waals surface area contributed by atoms with E-state index in [4.69, 9.17) is 0 Å². The normalized spacial score (nSPS) is 13.0. The highest BCUT2D eigenvalue weighted by Gasteiger charge is 2.41. The number of benzene rings is 4. The van der Waals surface area contributed by atoms with Crippen LogP contribution in [0.15, 0.2) is 96.0 Å². The standard InChI is InChI=1S/C25H17BN2/c1-27-17-13-15-18(16-14-17)28-23-11-5-4-10-22(23)26-21-9-3-2-7-19(21)20-8-6-12-24(28)25(20)26/h2-16H,1H2. The third-order valence-corrected chi connectivity index (χ3v) is 5.95. The summed E-state index contributed by atoms with van der Waals surface area (Å²) in [5, 5.41) is 0. The first-order valence-electron chi connectivity index (χ1n) is 9.55. The SMILES string of the molecule is C=Nc1ccc(N2c3ccccc3B3c4ccccc4-c4cccc2c43)cc1. The molecule has 0 saturated carbocycles. The van der Waals surface area contributed by atoms with Crippen LogP contribution >= 0.6 is 0 Å². The lowest BCUT2D eigenvalue weighted by Gasteiger charge is -2.35. The predicted molar refractivity (Wildman–Crippen MR) is 120 cm³/mol. The van der Waals surface area contributed by atoms with Crippen molar-refractivity contribution >= 4 is 52.6 Å². The number of fused-ring (bicyclic) bond motifs is 5. The number of para-hydroxylation sites is 1. The molecule has 130 valence electrons. The minimum Gasteiger partial charge on any atom is -0.311 e. The van der Waals surface area contributed by atoms with E-state index in [-0.39, 0.29) is 0 Å². The maximum absolute atomic E-state index is 4.04. The van der Waals surface area contributed by atoms with Crippen LogP contribution in [0.3, 0.4) is 0 Å². The molecule has 2 heterocycles. The van der Waals surface area contributed by atoms with Crippen LogP contribution in [0.2, 0.25) is 0 Å². The first-order valence-corrected chi connectivity index (χ1v) is 9.55. The van der Waals surface area contributed by atoms with Crippen molar-refractivity contribution in [3.05, 3.63) is 91.0 Å². The summed E-state index contributed by atoms with van der Waals surface area (Å²) in [7, 11) is 0. The van der Waals surface area contributed by atoms with E-state index in [0.29, 0.717) is 6.71 Å². The molecule has 0 atom stereocenters. The van der Waals surface area contributed by atoms with Crippen molar-refractivity contribution in [2.45, 2.75) is 0 Å². The molecular weight excluding hydrogens is 339 g/mol. The van der Waals surface area contributed by atoms with E-state index in [1.807, 2.05) is 12.1 Å². The molecule has 0 saturated heterocycles. The molecule has 0 radical (unpaired) electrons. The molecule has 0 spiro atoms. The van der Waals surface area contributed by atoms with Gasteiger partial charge in [0.1, 0.15) is 0 Å². The second kappa shape index (κ2) is 5.70. The molecular formula is C25H17BN2. The Balaban J connectivity index is 1.67. The quantitative estimate of drug-likeness (QED) is 0.334. The van der Waals surface area contributed by atoms with Gasteiger partial charge >= 0.3 is 0 Å². The Morgan fingerprint density at radius 2 is 1.32 bits per heavy atom. The number of rotatable bonds is 2. The van der Waals surface area contributed by atoms with Crippen LogP contribution in [0.25, 0.3) is 11.1 Å². The summed E-state index contributed by atoms with van der Waals surface area (Å²) in [6, 6.07) is 32.6. The molecule has 6 rings (SSSR count). The van der Waals surface area contributed by atoms with Gasteiger partial charge in [0.2, 0.25) is 6.71 Å². The van der Waals surface area contributed by atoms with Crippen molar-refractivity contribution in [2.75, 3.05) is 4.90 Å². The Kier molecular flexibility index (Phi) is 3.15. The average Bonchev–Trinajstić information content (AvgIpc) is 3.11.